The van der Waals surface area contributed by atoms with Crippen LogP contribution in [0.2, 0.25) is 10.0 Å². The van der Waals surface area contributed by atoms with Gasteiger partial charge in [-0.1, -0.05) is 23.2 Å². The van der Waals surface area contributed by atoms with E-state index in [1.165, 1.54) is 12.3 Å². The molecule has 2 rings (SSSR count). The first-order valence-corrected chi connectivity index (χ1v) is 8.72. The molecule has 9 heteroatoms. The number of amides is 1. The van der Waals surface area contributed by atoms with Crippen molar-refractivity contribution >= 4 is 64.5 Å². The van der Waals surface area contributed by atoms with Gasteiger partial charge in [-0.2, -0.15) is 5.10 Å². The molecule has 0 aliphatic carbocycles. The molecule has 0 saturated carbocycles. The van der Waals surface area contributed by atoms with Crippen molar-refractivity contribution in [2.24, 2.45) is 5.10 Å². The van der Waals surface area contributed by atoms with Crippen molar-refractivity contribution in [3.8, 4) is 5.75 Å². The molecule has 0 aliphatic rings. The number of halogens is 2. The van der Waals surface area contributed by atoms with Gasteiger partial charge in [-0.3, -0.25) is 10.2 Å². The Kier molecular flexibility index (Phi) is 7.65. The molecule has 0 fully saturated rings. The molecule has 0 heterocycles. The number of rotatable bonds is 7. The van der Waals surface area contributed by atoms with E-state index in [9.17, 15) is 4.79 Å². The summed E-state index contributed by atoms with van der Waals surface area (Å²) in [5, 5.41) is 10.6. The zero-order valence-corrected chi connectivity index (χ0v) is 16.1. The Morgan fingerprint density at radius 2 is 2.00 bits per heavy atom. The lowest BCUT2D eigenvalue weighted by molar-refractivity contribution is -0.105. The number of nitrogens with one attached hydrogen (secondary N) is 3. The standard InChI is InChI=1S/C17H16Cl2N4O2S/c1-2-25-14-5-3-13(4-6-14)22-17(26)23-21-9-11-7-12(18)8-15(19)16(11)20-10-24/h3-10H,2H2,1H3,(H,20,24)(H2,22,23,26)/b21-9+. The van der Waals surface area contributed by atoms with Crippen LogP contribution in [0.1, 0.15) is 12.5 Å². The van der Waals surface area contributed by atoms with Crippen molar-refractivity contribution in [2.45, 2.75) is 6.92 Å². The van der Waals surface area contributed by atoms with Crippen molar-refractivity contribution < 1.29 is 9.53 Å². The second-order valence-electron chi connectivity index (χ2n) is 4.90. The molecular weight excluding hydrogens is 395 g/mol. The van der Waals surface area contributed by atoms with Crippen molar-refractivity contribution in [1.82, 2.24) is 5.43 Å². The molecule has 0 spiro atoms. The highest BCUT2D eigenvalue weighted by Crippen LogP contribution is 2.28. The molecule has 6 nitrogen and oxygen atoms in total. The largest absolute Gasteiger partial charge is 0.494 e. The summed E-state index contributed by atoms with van der Waals surface area (Å²) in [4.78, 5) is 10.7. The number of carbonyl (C=O) groups is 1. The number of hydrazone groups is 1. The Morgan fingerprint density at radius 3 is 2.65 bits per heavy atom. The van der Waals surface area contributed by atoms with E-state index in [4.69, 9.17) is 40.2 Å². The SMILES string of the molecule is CCOc1ccc(NC(=S)N/N=C/c2cc(Cl)cc(Cl)c2NC=O)cc1. The summed E-state index contributed by atoms with van der Waals surface area (Å²) in [6, 6.07) is 10.5. The fourth-order valence-corrected chi connectivity index (χ4v) is 2.76. The van der Waals surface area contributed by atoms with E-state index >= 15 is 0 Å². The summed E-state index contributed by atoms with van der Waals surface area (Å²) >= 11 is 17.2. The molecule has 0 atom stereocenters. The highest BCUT2D eigenvalue weighted by Gasteiger charge is 2.07. The van der Waals surface area contributed by atoms with Gasteiger partial charge in [-0.05, 0) is 55.5 Å². The first kappa shape index (κ1) is 20.0. The molecular formula is C17H16Cl2N4O2S. The van der Waals surface area contributed by atoms with Gasteiger partial charge in [-0.15, -0.1) is 0 Å². The summed E-state index contributed by atoms with van der Waals surface area (Å²) in [6.07, 6.45) is 1.98. The van der Waals surface area contributed by atoms with Crippen LogP contribution in [0.4, 0.5) is 11.4 Å². The number of carbonyl (C=O) groups excluding carboxylic acids is 1. The fourth-order valence-electron chi connectivity index (χ4n) is 2.03. The van der Waals surface area contributed by atoms with Gasteiger partial charge in [0.1, 0.15) is 5.75 Å². The molecule has 3 N–H and O–H groups in total. The lowest BCUT2D eigenvalue weighted by atomic mass is 10.2. The smallest absolute Gasteiger partial charge is 0.211 e. The van der Waals surface area contributed by atoms with Crippen LogP contribution in [0, 0.1) is 0 Å². The number of benzene rings is 2. The second-order valence-corrected chi connectivity index (χ2v) is 6.15. The molecule has 0 radical (unpaired) electrons. The van der Waals surface area contributed by atoms with Crippen LogP contribution in [0.15, 0.2) is 41.5 Å². The minimum atomic E-state index is 0.295. The predicted molar refractivity (Wildman–Crippen MR) is 111 cm³/mol. The van der Waals surface area contributed by atoms with Crippen molar-refractivity contribution in [3.05, 3.63) is 52.0 Å². The van der Waals surface area contributed by atoms with Crippen molar-refractivity contribution in [1.29, 1.82) is 0 Å². The minimum absolute atomic E-state index is 0.295. The number of hydrogen-bond donors (Lipinski definition) is 3. The van der Waals surface area contributed by atoms with Crippen LogP contribution >= 0.6 is 35.4 Å². The number of nitrogens with zero attached hydrogens (tertiary/aromatic N) is 1. The molecule has 26 heavy (non-hydrogen) atoms. The van der Waals surface area contributed by atoms with E-state index in [2.05, 4.69) is 21.2 Å². The first-order chi connectivity index (χ1) is 12.5. The van der Waals surface area contributed by atoms with Crippen LogP contribution in [0.3, 0.4) is 0 Å². The Morgan fingerprint density at radius 1 is 1.27 bits per heavy atom. The van der Waals surface area contributed by atoms with Gasteiger partial charge >= 0.3 is 0 Å². The van der Waals surface area contributed by atoms with Gasteiger partial charge in [0.05, 0.1) is 23.5 Å². The van der Waals surface area contributed by atoms with Crippen LogP contribution in [-0.4, -0.2) is 24.3 Å². The third kappa shape index (κ3) is 5.87. The summed E-state index contributed by atoms with van der Waals surface area (Å²) in [5.74, 6) is 0.781. The number of anilines is 2. The molecule has 0 aliphatic heterocycles. The number of thiocarbonyl (C=S) groups is 1. The summed E-state index contributed by atoms with van der Waals surface area (Å²) in [5.41, 5.74) is 4.41. The maximum atomic E-state index is 10.7. The van der Waals surface area contributed by atoms with Crippen LogP contribution in [0.5, 0.6) is 5.75 Å². The molecule has 0 unspecified atom stereocenters. The molecule has 136 valence electrons. The van der Waals surface area contributed by atoms with E-state index in [-0.39, 0.29) is 0 Å². The topological polar surface area (TPSA) is 74.8 Å². The van der Waals surface area contributed by atoms with E-state index in [1.807, 2.05) is 31.2 Å². The van der Waals surface area contributed by atoms with Gasteiger partial charge in [0, 0.05) is 16.3 Å². The average Bonchev–Trinajstić information content (AvgIpc) is 2.60. The van der Waals surface area contributed by atoms with Crippen LogP contribution in [-0.2, 0) is 4.79 Å². The predicted octanol–water partition coefficient (Wildman–Crippen LogP) is 4.28. The zero-order valence-electron chi connectivity index (χ0n) is 13.8. The maximum Gasteiger partial charge on any atom is 0.211 e. The average molecular weight is 411 g/mol. The highest BCUT2D eigenvalue weighted by atomic mass is 35.5. The Labute approximate surface area is 166 Å². The third-order valence-corrected chi connectivity index (χ3v) is 3.79. The van der Waals surface area contributed by atoms with Gasteiger partial charge in [0.15, 0.2) is 5.11 Å². The lowest BCUT2D eigenvalue weighted by Gasteiger charge is -2.09. The quantitative estimate of drug-likeness (QED) is 0.275. The number of ether oxygens (including phenoxy) is 1. The Hall–Kier alpha value is -2.35. The Balaban J connectivity index is 1.99. The van der Waals surface area contributed by atoms with Crippen LogP contribution < -0.4 is 20.8 Å². The van der Waals surface area contributed by atoms with E-state index < -0.39 is 0 Å². The summed E-state index contributed by atoms with van der Waals surface area (Å²) in [7, 11) is 0. The Bertz CT molecular complexity index is 813. The highest BCUT2D eigenvalue weighted by molar-refractivity contribution is 7.80. The molecule has 2 aromatic rings. The molecule has 0 saturated heterocycles. The van der Waals surface area contributed by atoms with Gasteiger partial charge in [0.2, 0.25) is 6.41 Å². The van der Waals surface area contributed by atoms with Crippen molar-refractivity contribution in [2.75, 3.05) is 17.2 Å². The maximum absolute atomic E-state index is 10.7. The van der Waals surface area contributed by atoms with Gasteiger partial charge < -0.3 is 15.4 Å². The minimum Gasteiger partial charge on any atom is -0.494 e. The lowest BCUT2D eigenvalue weighted by Crippen LogP contribution is -2.23. The monoisotopic (exact) mass is 410 g/mol. The molecule has 0 bridgehead atoms. The summed E-state index contributed by atoms with van der Waals surface area (Å²) < 4.78 is 5.38. The van der Waals surface area contributed by atoms with Crippen molar-refractivity contribution in [3.63, 3.8) is 0 Å². The normalized spacial score (nSPS) is 10.4. The molecule has 1 amide bonds. The fraction of sp³-hybridized carbons (Fsp3) is 0.118. The number of hydrogen-bond acceptors (Lipinski definition) is 4. The van der Waals surface area contributed by atoms with E-state index in [1.54, 1.807) is 6.07 Å². The zero-order chi connectivity index (χ0) is 18.9. The molecule has 0 aromatic heterocycles. The van der Waals surface area contributed by atoms with Gasteiger partial charge in [-0.25, -0.2) is 0 Å². The molecule has 2 aromatic carbocycles. The second kappa shape index (κ2) is 9.96. The van der Waals surface area contributed by atoms with Crippen LogP contribution in [0.25, 0.3) is 0 Å². The van der Waals surface area contributed by atoms with E-state index in [0.29, 0.717) is 39.4 Å². The third-order valence-electron chi connectivity index (χ3n) is 3.08. The summed E-state index contributed by atoms with van der Waals surface area (Å²) in [6.45, 7) is 2.53. The first-order valence-electron chi connectivity index (χ1n) is 7.55. The van der Waals surface area contributed by atoms with E-state index in [0.717, 1.165) is 11.4 Å². The van der Waals surface area contributed by atoms with Gasteiger partial charge in [0.25, 0.3) is 0 Å².